The van der Waals surface area contributed by atoms with Gasteiger partial charge in [0.1, 0.15) is 12.0 Å². The van der Waals surface area contributed by atoms with Crippen molar-refractivity contribution in [2.75, 3.05) is 0 Å². The Morgan fingerprint density at radius 3 is 2.75 bits per heavy atom. The predicted molar refractivity (Wildman–Crippen MR) is 58.4 cm³/mol. The number of hydrogen-bond acceptors (Lipinski definition) is 5. The van der Waals surface area contributed by atoms with E-state index in [-0.39, 0.29) is 12.4 Å². The lowest BCUT2D eigenvalue weighted by atomic mass is 10.4. The van der Waals surface area contributed by atoms with E-state index in [1.165, 1.54) is 0 Å². The maximum absolute atomic E-state index is 12.6. The van der Waals surface area contributed by atoms with Crippen molar-refractivity contribution >= 4 is 11.7 Å². The summed E-state index contributed by atoms with van der Waals surface area (Å²) in [5.74, 6) is -1.68. The Labute approximate surface area is 109 Å². The van der Waals surface area contributed by atoms with Gasteiger partial charge in [-0.3, -0.25) is 19.4 Å². The standard InChI is InChI=1S/C9H7F2N5O4/c10-9(11)15-2-1-12-6(15)4-14-3-5(16(19)20)7(13-14)8(17)18/h1-3,9H,4H2,(H,17,18). The van der Waals surface area contributed by atoms with Crippen molar-refractivity contribution in [1.82, 2.24) is 19.3 Å². The topological polar surface area (TPSA) is 116 Å². The first kappa shape index (κ1) is 13.6. The minimum absolute atomic E-state index is 0.102. The minimum atomic E-state index is -2.82. The highest BCUT2D eigenvalue weighted by Crippen LogP contribution is 2.18. The Morgan fingerprint density at radius 2 is 2.25 bits per heavy atom. The highest BCUT2D eigenvalue weighted by molar-refractivity contribution is 5.89. The number of alkyl halides is 2. The molecule has 0 radical (unpaired) electrons. The van der Waals surface area contributed by atoms with Crippen molar-refractivity contribution in [1.29, 1.82) is 0 Å². The second-order valence-electron chi connectivity index (χ2n) is 3.65. The van der Waals surface area contributed by atoms with Crippen LogP contribution in [0.3, 0.4) is 0 Å². The van der Waals surface area contributed by atoms with Gasteiger partial charge in [-0.1, -0.05) is 0 Å². The molecule has 2 aromatic rings. The lowest BCUT2D eigenvalue weighted by Gasteiger charge is -2.05. The van der Waals surface area contributed by atoms with E-state index in [2.05, 4.69) is 10.1 Å². The molecule has 0 bridgehead atoms. The molecule has 0 spiro atoms. The summed E-state index contributed by atoms with van der Waals surface area (Å²) >= 11 is 0. The highest BCUT2D eigenvalue weighted by Gasteiger charge is 2.25. The molecule has 0 aliphatic rings. The zero-order valence-electron chi connectivity index (χ0n) is 9.68. The fraction of sp³-hybridized carbons (Fsp3) is 0.222. The molecule has 0 saturated carbocycles. The first-order valence-corrected chi connectivity index (χ1v) is 5.15. The predicted octanol–water partition coefficient (Wildman–Crippen LogP) is 1.13. The number of nitrogens with zero attached hydrogens (tertiary/aromatic N) is 5. The number of carboxylic acid groups (broad SMARTS) is 1. The average Bonchev–Trinajstić information content (AvgIpc) is 2.95. The number of nitro groups is 1. The molecule has 0 atom stereocenters. The first-order chi connectivity index (χ1) is 9.40. The number of carbonyl (C=O) groups is 1. The molecule has 0 aliphatic carbocycles. The molecular formula is C9H7F2N5O4. The van der Waals surface area contributed by atoms with Crippen LogP contribution in [0.4, 0.5) is 14.5 Å². The number of aromatic carboxylic acids is 1. The maximum Gasteiger partial charge on any atom is 0.363 e. The Hall–Kier alpha value is -2.85. The van der Waals surface area contributed by atoms with Crippen molar-refractivity contribution in [2.24, 2.45) is 0 Å². The third-order valence-electron chi connectivity index (χ3n) is 2.40. The summed E-state index contributed by atoms with van der Waals surface area (Å²) in [6.07, 6.45) is 3.03. The van der Waals surface area contributed by atoms with Crippen LogP contribution in [0.15, 0.2) is 18.6 Å². The number of halogens is 2. The molecule has 2 heterocycles. The highest BCUT2D eigenvalue weighted by atomic mass is 19.3. The van der Waals surface area contributed by atoms with E-state index < -0.39 is 28.8 Å². The van der Waals surface area contributed by atoms with Gasteiger partial charge in [0.05, 0.1) is 11.5 Å². The Kier molecular flexibility index (Phi) is 3.41. The van der Waals surface area contributed by atoms with Gasteiger partial charge in [-0.25, -0.2) is 9.78 Å². The molecule has 0 unspecified atom stereocenters. The van der Waals surface area contributed by atoms with Crippen LogP contribution >= 0.6 is 0 Å². The third kappa shape index (κ3) is 2.46. The van der Waals surface area contributed by atoms with Crippen molar-refractivity contribution in [3.63, 3.8) is 0 Å². The molecule has 0 fully saturated rings. The average molecular weight is 287 g/mol. The largest absolute Gasteiger partial charge is 0.476 e. The molecule has 0 saturated heterocycles. The van der Waals surface area contributed by atoms with E-state index >= 15 is 0 Å². The van der Waals surface area contributed by atoms with Gasteiger partial charge >= 0.3 is 18.2 Å². The number of imidazole rings is 1. The first-order valence-electron chi connectivity index (χ1n) is 5.15. The van der Waals surface area contributed by atoms with Crippen LogP contribution < -0.4 is 0 Å². The zero-order valence-corrected chi connectivity index (χ0v) is 9.68. The Balaban J connectivity index is 2.35. The Morgan fingerprint density at radius 1 is 1.55 bits per heavy atom. The van der Waals surface area contributed by atoms with Gasteiger partial charge in [0.25, 0.3) is 0 Å². The molecule has 0 aliphatic heterocycles. The number of carboxylic acids is 1. The second-order valence-corrected chi connectivity index (χ2v) is 3.65. The summed E-state index contributed by atoms with van der Waals surface area (Å²) in [7, 11) is 0. The Bertz CT molecular complexity index is 634. The van der Waals surface area contributed by atoms with Crippen LogP contribution in [0.5, 0.6) is 0 Å². The van der Waals surface area contributed by atoms with Gasteiger partial charge in [-0.2, -0.15) is 13.9 Å². The lowest BCUT2D eigenvalue weighted by Crippen LogP contribution is -2.10. The third-order valence-corrected chi connectivity index (χ3v) is 2.40. The molecule has 2 aromatic heterocycles. The molecule has 2 rings (SSSR count). The number of hydrogen-bond donors (Lipinski definition) is 1. The van der Waals surface area contributed by atoms with E-state index in [1.54, 1.807) is 0 Å². The molecule has 1 N–H and O–H groups in total. The van der Waals surface area contributed by atoms with Gasteiger partial charge < -0.3 is 5.11 Å². The fourth-order valence-electron chi connectivity index (χ4n) is 1.57. The molecular weight excluding hydrogens is 280 g/mol. The molecule has 0 amide bonds. The normalized spacial score (nSPS) is 10.9. The van der Waals surface area contributed by atoms with Crippen molar-refractivity contribution in [3.05, 3.63) is 40.2 Å². The maximum atomic E-state index is 12.6. The van der Waals surface area contributed by atoms with Crippen LogP contribution in [0.2, 0.25) is 0 Å². The lowest BCUT2D eigenvalue weighted by molar-refractivity contribution is -0.385. The molecule has 106 valence electrons. The van der Waals surface area contributed by atoms with Gasteiger partial charge in [0.2, 0.25) is 5.69 Å². The van der Waals surface area contributed by atoms with Crippen molar-refractivity contribution in [2.45, 2.75) is 13.1 Å². The summed E-state index contributed by atoms with van der Waals surface area (Å²) in [5.41, 5.74) is -1.47. The SMILES string of the molecule is O=C(O)c1nn(Cc2nccn2C(F)F)cc1[N+](=O)[O-]. The van der Waals surface area contributed by atoms with Crippen LogP contribution in [0.1, 0.15) is 22.9 Å². The smallest absolute Gasteiger partial charge is 0.363 e. The van der Waals surface area contributed by atoms with Crippen molar-refractivity contribution in [3.8, 4) is 0 Å². The van der Waals surface area contributed by atoms with Crippen LogP contribution in [-0.2, 0) is 6.54 Å². The summed E-state index contributed by atoms with van der Waals surface area (Å²) in [6.45, 7) is -3.14. The van der Waals surface area contributed by atoms with Gasteiger partial charge in [-0.15, -0.1) is 0 Å². The monoisotopic (exact) mass is 287 g/mol. The van der Waals surface area contributed by atoms with Gasteiger partial charge in [-0.05, 0) is 0 Å². The minimum Gasteiger partial charge on any atom is -0.476 e. The van der Waals surface area contributed by atoms with E-state index in [1.807, 2.05) is 0 Å². The molecule has 20 heavy (non-hydrogen) atoms. The van der Waals surface area contributed by atoms with E-state index in [9.17, 15) is 23.7 Å². The molecule has 9 nitrogen and oxygen atoms in total. The molecule has 11 heteroatoms. The van der Waals surface area contributed by atoms with E-state index in [0.29, 0.717) is 4.57 Å². The van der Waals surface area contributed by atoms with Crippen LogP contribution in [0, 0.1) is 10.1 Å². The zero-order chi connectivity index (χ0) is 14.9. The molecule has 0 aromatic carbocycles. The van der Waals surface area contributed by atoms with Crippen LogP contribution in [-0.4, -0.2) is 35.3 Å². The van der Waals surface area contributed by atoms with Crippen molar-refractivity contribution < 1.29 is 23.6 Å². The van der Waals surface area contributed by atoms with Crippen LogP contribution in [0.25, 0.3) is 0 Å². The summed E-state index contributed by atoms with van der Waals surface area (Å²) in [6, 6.07) is 0. The number of aromatic nitrogens is 4. The van der Waals surface area contributed by atoms with E-state index in [4.69, 9.17) is 5.11 Å². The van der Waals surface area contributed by atoms with E-state index in [0.717, 1.165) is 23.3 Å². The summed E-state index contributed by atoms with van der Waals surface area (Å²) < 4.78 is 26.6. The summed E-state index contributed by atoms with van der Waals surface area (Å²) in [5, 5.41) is 22.9. The van der Waals surface area contributed by atoms with Gasteiger partial charge in [0, 0.05) is 12.4 Å². The van der Waals surface area contributed by atoms with Gasteiger partial charge in [0.15, 0.2) is 0 Å². The fourth-order valence-corrected chi connectivity index (χ4v) is 1.57. The second kappa shape index (κ2) is 5.03. The number of rotatable bonds is 5. The summed E-state index contributed by atoms with van der Waals surface area (Å²) in [4.78, 5) is 24.2. The quantitative estimate of drug-likeness (QED) is 0.650.